The number of rotatable bonds is 13. The van der Waals surface area contributed by atoms with Crippen LogP contribution < -0.4 is 15.8 Å². The van der Waals surface area contributed by atoms with Gasteiger partial charge in [-0.2, -0.15) is 17.4 Å². The number of piperidine rings is 1. The number of nitrogens with zero attached hydrogens (tertiary/aromatic N) is 3. The average Bonchev–Trinajstić information content (AvgIpc) is 3.73. The summed E-state index contributed by atoms with van der Waals surface area (Å²) in [5.41, 5.74) is 5.60. The number of carbonyl (C=O) groups is 3. The number of carbonyl (C=O) groups excluding carboxylic acids is 3. The first-order valence-corrected chi connectivity index (χ1v) is 14.7. The molecule has 3 fully saturated rings. The van der Waals surface area contributed by atoms with E-state index in [1.807, 2.05) is 0 Å². The molecule has 0 radical (unpaired) electrons. The molecule has 0 aromatic carbocycles. The summed E-state index contributed by atoms with van der Waals surface area (Å²) in [5, 5.41) is 10.5. The summed E-state index contributed by atoms with van der Waals surface area (Å²) >= 11 is 0. The van der Waals surface area contributed by atoms with Crippen molar-refractivity contribution in [1.82, 2.24) is 24.1 Å². The standard InChI is InChI=1S/C23H41N7O7S/c1-2-37-21(32)7-9-30(18-5-6-18)22(33)19(27-38(34,35)29-10-12-36-13-11-29)14-20(31)26-15-17-4-3-8-28(16-17)23(24)25/h17-19,27H,2-16H2,1H3,(H3,24,25)(H,26,31)/t17-,19-/m0/s1. The molecule has 2 atom stereocenters. The quantitative estimate of drug-likeness (QED) is 0.119. The fourth-order valence-corrected chi connectivity index (χ4v) is 6.01. The van der Waals surface area contributed by atoms with Crippen LogP contribution in [0.3, 0.4) is 0 Å². The topological polar surface area (TPSA) is 187 Å². The van der Waals surface area contributed by atoms with Gasteiger partial charge in [-0.05, 0) is 38.5 Å². The molecule has 2 saturated heterocycles. The van der Waals surface area contributed by atoms with Crippen LogP contribution in [-0.2, 0) is 34.1 Å². The summed E-state index contributed by atoms with van der Waals surface area (Å²) in [6, 6.07) is -1.43. The molecule has 14 nitrogen and oxygen atoms in total. The molecule has 1 saturated carbocycles. The van der Waals surface area contributed by atoms with E-state index in [-0.39, 0.29) is 70.2 Å². The monoisotopic (exact) mass is 559 g/mol. The SMILES string of the molecule is CCOC(=O)CCN(C(=O)[C@H](CC(=O)NC[C@@H]1CCCN(C(=N)N)C1)NS(=O)(=O)N1CCOCC1)C1CC1. The molecular weight excluding hydrogens is 518 g/mol. The van der Waals surface area contributed by atoms with Crippen LogP contribution in [0.25, 0.3) is 0 Å². The number of morpholine rings is 1. The summed E-state index contributed by atoms with van der Waals surface area (Å²) in [7, 11) is -4.06. The minimum Gasteiger partial charge on any atom is -0.466 e. The predicted octanol–water partition coefficient (Wildman–Crippen LogP) is -1.42. The zero-order chi connectivity index (χ0) is 27.7. The Labute approximate surface area is 224 Å². The van der Waals surface area contributed by atoms with Crippen molar-refractivity contribution in [2.75, 3.05) is 59.1 Å². The first kappa shape index (κ1) is 30.1. The van der Waals surface area contributed by atoms with E-state index < -0.39 is 34.0 Å². The van der Waals surface area contributed by atoms with Gasteiger partial charge in [-0.3, -0.25) is 19.8 Å². The fourth-order valence-electron chi connectivity index (χ4n) is 4.69. The molecule has 38 heavy (non-hydrogen) atoms. The summed E-state index contributed by atoms with van der Waals surface area (Å²) in [5.74, 6) is -1.37. The van der Waals surface area contributed by atoms with Gasteiger partial charge in [0.25, 0.3) is 10.2 Å². The molecule has 2 amide bonds. The van der Waals surface area contributed by atoms with Gasteiger partial charge in [-0.25, -0.2) is 0 Å². The Balaban J connectivity index is 1.67. The van der Waals surface area contributed by atoms with Crippen molar-refractivity contribution in [3.05, 3.63) is 0 Å². The smallest absolute Gasteiger partial charge is 0.307 e. The first-order chi connectivity index (χ1) is 18.1. The molecule has 216 valence electrons. The van der Waals surface area contributed by atoms with Crippen LogP contribution in [0.1, 0.15) is 45.4 Å². The number of likely N-dealkylation sites (tertiary alicyclic amines) is 1. The highest BCUT2D eigenvalue weighted by Gasteiger charge is 2.39. The number of nitrogens with two attached hydrogens (primary N) is 1. The lowest BCUT2D eigenvalue weighted by Gasteiger charge is -2.33. The summed E-state index contributed by atoms with van der Waals surface area (Å²) < 4.78 is 40.0. The van der Waals surface area contributed by atoms with Gasteiger partial charge in [-0.1, -0.05) is 0 Å². The molecule has 2 heterocycles. The van der Waals surface area contributed by atoms with E-state index in [4.69, 9.17) is 20.6 Å². The molecule has 0 spiro atoms. The second kappa shape index (κ2) is 14.1. The highest BCUT2D eigenvalue weighted by molar-refractivity contribution is 7.87. The molecular formula is C23H41N7O7S. The van der Waals surface area contributed by atoms with Crippen LogP contribution in [0.2, 0.25) is 0 Å². The summed E-state index contributed by atoms with van der Waals surface area (Å²) in [4.78, 5) is 41.7. The molecule has 0 aromatic heterocycles. The average molecular weight is 560 g/mol. The van der Waals surface area contributed by atoms with E-state index in [9.17, 15) is 22.8 Å². The Morgan fingerprint density at radius 3 is 2.53 bits per heavy atom. The van der Waals surface area contributed by atoms with Crippen molar-refractivity contribution in [3.8, 4) is 0 Å². The van der Waals surface area contributed by atoms with Crippen molar-refractivity contribution < 1.29 is 32.3 Å². The maximum atomic E-state index is 13.6. The molecule has 0 bridgehead atoms. The van der Waals surface area contributed by atoms with E-state index in [1.165, 1.54) is 9.21 Å². The highest BCUT2D eigenvalue weighted by atomic mass is 32.2. The van der Waals surface area contributed by atoms with E-state index in [0.717, 1.165) is 25.7 Å². The van der Waals surface area contributed by atoms with Gasteiger partial charge in [0.2, 0.25) is 11.8 Å². The molecule has 3 aliphatic rings. The zero-order valence-corrected chi connectivity index (χ0v) is 22.8. The predicted molar refractivity (Wildman–Crippen MR) is 138 cm³/mol. The molecule has 1 aliphatic carbocycles. The van der Waals surface area contributed by atoms with Gasteiger partial charge in [0.05, 0.1) is 32.7 Å². The normalized spacial score (nSPS) is 21.4. The van der Waals surface area contributed by atoms with Gasteiger partial charge < -0.3 is 30.3 Å². The van der Waals surface area contributed by atoms with Gasteiger partial charge in [0.15, 0.2) is 5.96 Å². The molecule has 0 aromatic rings. The molecule has 15 heteroatoms. The van der Waals surface area contributed by atoms with Gasteiger partial charge in [0, 0.05) is 45.3 Å². The number of hydrogen-bond donors (Lipinski definition) is 4. The number of nitrogens with one attached hydrogen (secondary N) is 3. The lowest BCUT2D eigenvalue weighted by Crippen LogP contribution is -2.56. The molecule has 5 N–H and O–H groups in total. The van der Waals surface area contributed by atoms with E-state index >= 15 is 0 Å². The van der Waals surface area contributed by atoms with Crippen LogP contribution in [-0.4, -0.2) is 117 Å². The summed E-state index contributed by atoms with van der Waals surface area (Å²) in [6.45, 7) is 4.35. The zero-order valence-electron chi connectivity index (χ0n) is 22.0. The van der Waals surface area contributed by atoms with Crippen molar-refractivity contribution in [1.29, 1.82) is 5.41 Å². The lowest BCUT2D eigenvalue weighted by molar-refractivity contribution is -0.144. The maximum absolute atomic E-state index is 13.6. The third-order valence-corrected chi connectivity index (χ3v) is 8.50. The second-order valence-electron chi connectivity index (χ2n) is 9.85. The largest absolute Gasteiger partial charge is 0.466 e. The van der Waals surface area contributed by atoms with E-state index in [1.54, 1.807) is 11.8 Å². The third kappa shape index (κ3) is 9.06. The van der Waals surface area contributed by atoms with Gasteiger partial charge in [-0.15, -0.1) is 0 Å². The van der Waals surface area contributed by atoms with Crippen LogP contribution in [0.15, 0.2) is 0 Å². The molecule has 0 unspecified atom stereocenters. The Bertz CT molecular complexity index is 954. The fraction of sp³-hybridized carbons (Fsp3) is 0.826. The number of amides is 2. The summed E-state index contributed by atoms with van der Waals surface area (Å²) in [6.07, 6.45) is 2.81. The Morgan fingerprint density at radius 2 is 1.89 bits per heavy atom. The van der Waals surface area contributed by atoms with Crippen LogP contribution in [0.5, 0.6) is 0 Å². The van der Waals surface area contributed by atoms with Gasteiger partial charge in [0.1, 0.15) is 6.04 Å². The number of esters is 1. The number of hydrogen-bond acceptors (Lipinski definition) is 8. The van der Waals surface area contributed by atoms with Crippen molar-refractivity contribution in [2.24, 2.45) is 11.7 Å². The Morgan fingerprint density at radius 1 is 1.18 bits per heavy atom. The van der Waals surface area contributed by atoms with Crippen LogP contribution in [0, 0.1) is 11.3 Å². The number of guanidine groups is 1. The van der Waals surface area contributed by atoms with Crippen molar-refractivity contribution in [2.45, 2.75) is 57.5 Å². The van der Waals surface area contributed by atoms with E-state index in [0.29, 0.717) is 19.6 Å². The number of ether oxygens (including phenoxy) is 2. The molecule has 3 rings (SSSR count). The van der Waals surface area contributed by atoms with Gasteiger partial charge >= 0.3 is 5.97 Å². The first-order valence-electron chi connectivity index (χ1n) is 13.3. The second-order valence-corrected chi connectivity index (χ2v) is 11.6. The Hall–Kier alpha value is -2.49. The van der Waals surface area contributed by atoms with E-state index in [2.05, 4.69) is 10.0 Å². The minimum absolute atomic E-state index is 0.00723. The molecule has 2 aliphatic heterocycles. The highest BCUT2D eigenvalue weighted by Crippen LogP contribution is 2.28. The lowest BCUT2D eigenvalue weighted by atomic mass is 9.98. The Kier molecular flexibility index (Phi) is 11.1. The van der Waals surface area contributed by atoms with Crippen molar-refractivity contribution in [3.63, 3.8) is 0 Å². The minimum atomic E-state index is -4.06. The van der Waals surface area contributed by atoms with Crippen LogP contribution >= 0.6 is 0 Å². The maximum Gasteiger partial charge on any atom is 0.307 e. The third-order valence-electron chi connectivity index (χ3n) is 6.87. The van der Waals surface area contributed by atoms with Crippen LogP contribution in [0.4, 0.5) is 0 Å². The van der Waals surface area contributed by atoms with Crippen molar-refractivity contribution >= 4 is 34.0 Å².